The van der Waals surface area contributed by atoms with Gasteiger partial charge >= 0.3 is 6.09 Å². The highest BCUT2D eigenvalue weighted by Crippen LogP contribution is 2.24. The molecular formula is C12H22N4O2. The zero-order chi connectivity index (χ0) is 13.9. The molecule has 0 saturated heterocycles. The van der Waals surface area contributed by atoms with Crippen LogP contribution in [-0.4, -0.2) is 21.9 Å². The average Bonchev–Trinajstić information content (AvgIpc) is 2.57. The van der Waals surface area contributed by atoms with Gasteiger partial charge < -0.3 is 15.8 Å². The van der Waals surface area contributed by atoms with Gasteiger partial charge in [0, 0.05) is 0 Å². The predicted octanol–water partition coefficient (Wildman–Crippen LogP) is 2.21. The van der Waals surface area contributed by atoms with Crippen LogP contribution < -0.4 is 11.1 Å². The molecule has 1 aromatic rings. The van der Waals surface area contributed by atoms with Crippen molar-refractivity contribution in [2.45, 2.75) is 46.3 Å². The molecule has 18 heavy (non-hydrogen) atoms. The summed E-state index contributed by atoms with van der Waals surface area (Å²) in [5.41, 5.74) is 6.51. The first kappa shape index (κ1) is 14.3. The molecule has 4 N–H and O–H groups in total. The number of anilines is 1. The average molecular weight is 254 g/mol. The molecule has 6 nitrogen and oxygen atoms in total. The second kappa shape index (κ2) is 5.29. The Morgan fingerprint density at radius 3 is 2.50 bits per heavy atom. The van der Waals surface area contributed by atoms with E-state index in [2.05, 4.69) is 15.5 Å². The molecule has 1 unspecified atom stereocenters. The van der Waals surface area contributed by atoms with Gasteiger partial charge in [0.05, 0.1) is 23.6 Å². The van der Waals surface area contributed by atoms with E-state index in [0.29, 0.717) is 11.4 Å². The molecule has 1 rings (SSSR count). The van der Waals surface area contributed by atoms with Crippen molar-refractivity contribution >= 4 is 11.8 Å². The van der Waals surface area contributed by atoms with Gasteiger partial charge in [-0.15, -0.1) is 0 Å². The molecule has 1 atom stereocenters. The summed E-state index contributed by atoms with van der Waals surface area (Å²) in [4.78, 5) is 11.8. The molecule has 102 valence electrons. The molecule has 0 fully saturated rings. The van der Waals surface area contributed by atoms with E-state index in [1.54, 1.807) is 0 Å². The number of hydrogen-bond acceptors (Lipinski definition) is 4. The lowest BCUT2D eigenvalue weighted by Crippen LogP contribution is -2.37. The van der Waals surface area contributed by atoms with Crippen molar-refractivity contribution in [1.29, 1.82) is 0 Å². The van der Waals surface area contributed by atoms with Crippen LogP contribution in [0, 0.1) is 5.92 Å². The van der Waals surface area contributed by atoms with Gasteiger partial charge in [-0.2, -0.15) is 5.10 Å². The Bertz CT molecular complexity index is 406. The number of ether oxygens (including phenoxy) is 1. The largest absolute Gasteiger partial charge is 0.444 e. The number of aromatic nitrogens is 2. The van der Waals surface area contributed by atoms with E-state index in [9.17, 15) is 4.79 Å². The van der Waals surface area contributed by atoms with Gasteiger partial charge in [0.1, 0.15) is 5.60 Å². The quantitative estimate of drug-likeness (QED) is 0.771. The van der Waals surface area contributed by atoms with Crippen molar-refractivity contribution in [3.05, 3.63) is 11.9 Å². The number of nitrogens with two attached hydrogens (primary N) is 1. The maximum Gasteiger partial charge on any atom is 0.408 e. The molecule has 1 amide bonds. The minimum absolute atomic E-state index is 0.167. The first-order chi connectivity index (χ1) is 8.20. The van der Waals surface area contributed by atoms with Crippen LogP contribution in [0.5, 0.6) is 0 Å². The molecule has 0 bridgehead atoms. The number of amides is 1. The molecule has 1 heterocycles. The van der Waals surface area contributed by atoms with Gasteiger partial charge in [0.15, 0.2) is 0 Å². The highest BCUT2D eigenvalue weighted by Gasteiger charge is 2.25. The summed E-state index contributed by atoms with van der Waals surface area (Å²) in [5.74, 6) is 0.167. The number of aromatic amines is 1. The Kier molecular flexibility index (Phi) is 4.21. The van der Waals surface area contributed by atoms with Crippen LogP contribution in [-0.2, 0) is 4.74 Å². The van der Waals surface area contributed by atoms with Crippen molar-refractivity contribution in [1.82, 2.24) is 15.5 Å². The topological polar surface area (TPSA) is 93.0 Å². The second-order valence-electron chi connectivity index (χ2n) is 5.61. The minimum atomic E-state index is -0.523. The van der Waals surface area contributed by atoms with Crippen molar-refractivity contribution in [2.24, 2.45) is 5.92 Å². The fourth-order valence-corrected chi connectivity index (χ4v) is 1.56. The molecule has 0 aromatic carbocycles. The third kappa shape index (κ3) is 3.94. The van der Waals surface area contributed by atoms with Gasteiger partial charge in [-0.05, 0) is 26.7 Å². The normalized spacial score (nSPS) is 13.4. The van der Waals surface area contributed by atoms with Crippen molar-refractivity contribution in [2.75, 3.05) is 5.73 Å². The van der Waals surface area contributed by atoms with Gasteiger partial charge in [0.25, 0.3) is 0 Å². The maximum atomic E-state index is 11.8. The summed E-state index contributed by atoms with van der Waals surface area (Å²) in [6, 6.07) is -0.248. The summed E-state index contributed by atoms with van der Waals surface area (Å²) >= 11 is 0. The van der Waals surface area contributed by atoms with Crippen LogP contribution in [0.15, 0.2) is 6.20 Å². The van der Waals surface area contributed by atoms with Crippen LogP contribution in [0.25, 0.3) is 0 Å². The molecule has 0 aliphatic rings. The van der Waals surface area contributed by atoms with Gasteiger partial charge in [-0.3, -0.25) is 5.10 Å². The zero-order valence-corrected chi connectivity index (χ0v) is 11.6. The Morgan fingerprint density at radius 1 is 1.50 bits per heavy atom. The third-order valence-electron chi connectivity index (χ3n) is 2.35. The standard InChI is InChI=1S/C12H22N4O2/c1-7(2)9(10-8(13)6-14-16-10)15-11(17)18-12(3,4)5/h6-7,9H,13H2,1-5H3,(H,14,16)(H,15,17). The zero-order valence-electron chi connectivity index (χ0n) is 11.6. The van der Waals surface area contributed by atoms with Crippen LogP contribution in [0.2, 0.25) is 0 Å². The Hall–Kier alpha value is -1.72. The highest BCUT2D eigenvalue weighted by molar-refractivity contribution is 5.68. The highest BCUT2D eigenvalue weighted by atomic mass is 16.6. The van der Waals surface area contributed by atoms with E-state index in [-0.39, 0.29) is 12.0 Å². The fraction of sp³-hybridized carbons (Fsp3) is 0.667. The summed E-state index contributed by atoms with van der Waals surface area (Å²) in [5, 5.41) is 9.48. The number of H-pyrrole nitrogens is 1. The number of alkyl carbamates (subject to hydrolysis) is 1. The summed E-state index contributed by atoms with van der Waals surface area (Å²) < 4.78 is 5.23. The van der Waals surface area contributed by atoms with Gasteiger partial charge in [-0.1, -0.05) is 13.8 Å². The summed E-state index contributed by atoms with van der Waals surface area (Å²) in [6.45, 7) is 9.44. The Balaban J connectivity index is 2.77. The fourth-order valence-electron chi connectivity index (χ4n) is 1.56. The number of hydrogen-bond donors (Lipinski definition) is 3. The summed E-state index contributed by atoms with van der Waals surface area (Å²) in [7, 11) is 0. The van der Waals surface area contributed by atoms with E-state index >= 15 is 0 Å². The third-order valence-corrected chi connectivity index (χ3v) is 2.35. The molecule has 0 saturated carbocycles. The van der Waals surface area contributed by atoms with Crippen LogP contribution >= 0.6 is 0 Å². The lowest BCUT2D eigenvalue weighted by atomic mass is 10.0. The van der Waals surface area contributed by atoms with Crippen LogP contribution in [0.3, 0.4) is 0 Å². The van der Waals surface area contributed by atoms with Crippen molar-refractivity contribution < 1.29 is 9.53 Å². The Morgan fingerprint density at radius 2 is 2.11 bits per heavy atom. The van der Waals surface area contributed by atoms with Crippen LogP contribution in [0.4, 0.5) is 10.5 Å². The van der Waals surface area contributed by atoms with Gasteiger partial charge in [-0.25, -0.2) is 4.79 Å². The van der Waals surface area contributed by atoms with Crippen molar-refractivity contribution in [3.63, 3.8) is 0 Å². The van der Waals surface area contributed by atoms with E-state index < -0.39 is 11.7 Å². The van der Waals surface area contributed by atoms with E-state index in [4.69, 9.17) is 10.5 Å². The molecule has 0 aliphatic carbocycles. The molecular weight excluding hydrogens is 232 g/mol. The van der Waals surface area contributed by atoms with E-state index in [1.807, 2.05) is 34.6 Å². The van der Waals surface area contributed by atoms with Gasteiger partial charge in [0.2, 0.25) is 0 Å². The number of nitrogen functional groups attached to an aromatic ring is 1. The SMILES string of the molecule is CC(C)C(NC(=O)OC(C)(C)C)c1[nH]ncc1N. The molecule has 6 heteroatoms. The minimum Gasteiger partial charge on any atom is -0.444 e. The lowest BCUT2D eigenvalue weighted by molar-refractivity contribution is 0.0488. The van der Waals surface area contributed by atoms with E-state index in [0.717, 1.165) is 0 Å². The van der Waals surface area contributed by atoms with Crippen LogP contribution in [0.1, 0.15) is 46.4 Å². The maximum absolute atomic E-state index is 11.8. The Labute approximate surface area is 107 Å². The molecule has 0 aliphatic heterocycles. The smallest absolute Gasteiger partial charge is 0.408 e. The number of carbonyl (C=O) groups is 1. The predicted molar refractivity (Wildman–Crippen MR) is 69.9 cm³/mol. The molecule has 0 spiro atoms. The second-order valence-corrected chi connectivity index (χ2v) is 5.61. The molecule has 0 radical (unpaired) electrons. The first-order valence-corrected chi connectivity index (χ1v) is 5.99. The summed E-state index contributed by atoms with van der Waals surface area (Å²) in [6.07, 6.45) is 1.07. The lowest BCUT2D eigenvalue weighted by Gasteiger charge is -2.25. The van der Waals surface area contributed by atoms with Crippen molar-refractivity contribution in [3.8, 4) is 0 Å². The van der Waals surface area contributed by atoms with E-state index in [1.165, 1.54) is 6.20 Å². The number of rotatable bonds is 3. The monoisotopic (exact) mass is 254 g/mol. The first-order valence-electron chi connectivity index (χ1n) is 5.99. The number of nitrogens with one attached hydrogen (secondary N) is 2. The molecule has 1 aromatic heterocycles. The number of nitrogens with zero attached hydrogens (tertiary/aromatic N) is 1. The number of carbonyl (C=O) groups excluding carboxylic acids is 1.